The monoisotopic (exact) mass is 341 g/mol. The van der Waals surface area contributed by atoms with Crippen molar-refractivity contribution in [2.45, 2.75) is 25.0 Å². The van der Waals surface area contributed by atoms with Crippen LogP contribution in [-0.4, -0.2) is 30.7 Å². The molecule has 0 spiro atoms. The van der Waals surface area contributed by atoms with Crippen LogP contribution in [0.4, 0.5) is 6.01 Å². The zero-order chi connectivity index (χ0) is 15.9. The van der Waals surface area contributed by atoms with Crippen molar-refractivity contribution in [3.8, 4) is 0 Å². The molecule has 118 valence electrons. The molecule has 1 N–H and O–H groups in total. The van der Waals surface area contributed by atoms with Crippen molar-refractivity contribution in [3.05, 3.63) is 27.7 Å². The number of amides is 1. The lowest BCUT2D eigenvalue weighted by atomic mass is 10.2. The third-order valence-corrected chi connectivity index (χ3v) is 5.39. The molecule has 2 aromatic rings. The van der Waals surface area contributed by atoms with Gasteiger partial charge in [0, 0.05) is 23.0 Å². The van der Waals surface area contributed by atoms with Gasteiger partial charge in [-0.25, -0.2) is 8.42 Å². The van der Waals surface area contributed by atoms with E-state index in [-0.39, 0.29) is 35.3 Å². The van der Waals surface area contributed by atoms with E-state index < -0.39 is 9.84 Å². The van der Waals surface area contributed by atoms with Crippen LogP contribution in [0.15, 0.2) is 16.0 Å². The summed E-state index contributed by atoms with van der Waals surface area (Å²) in [7, 11) is -3.24. The highest BCUT2D eigenvalue weighted by molar-refractivity contribution is 7.89. The normalized spacial score (nSPS) is 20.8. The van der Waals surface area contributed by atoms with Crippen molar-refractivity contribution in [3.63, 3.8) is 0 Å². The van der Waals surface area contributed by atoms with E-state index >= 15 is 0 Å². The van der Waals surface area contributed by atoms with Crippen LogP contribution in [0, 0.1) is 12.8 Å². The molecule has 2 atom stereocenters. The van der Waals surface area contributed by atoms with Crippen LogP contribution >= 0.6 is 11.3 Å². The molecule has 1 saturated carbocycles. The predicted molar refractivity (Wildman–Crippen MR) is 81.4 cm³/mol. The van der Waals surface area contributed by atoms with E-state index in [0.29, 0.717) is 0 Å². The Balaban J connectivity index is 1.61. The zero-order valence-electron chi connectivity index (χ0n) is 12.1. The molecule has 3 rings (SSSR count). The molecule has 0 saturated heterocycles. The second-order valence-corrected chi connectivity index (χ2v) is 8.58. The summed E-state index contributed by atoms with van der Waals surface area (Å²) < 4.78 is 27.2. The molecule has 2 aromatic heterocycles. The van der Waals surface area contributed by atoms with E-state index in [2.05, 4.69) is 15.5 Å². The minimum atomic E-state index is -3.24. The highest BCUT2D eigenvalue weighted by atomic mass is 32.2. The second-order valence-electron chi connectivity index (χ2n) is 5.49. The van der Waals surface area contributed by atoms with Crippen molar-refractivity contribution >= 4 is 33.1 Å². The molecular formula is C13H15N3O4S2. The van der Waals surface area contributed by atoms with Gasteiger partial charge in [0.25, 0.3) is 0 Å². The molecule has 22 heavy (non-hydrogen) atoms. The molecule has 1 amide bonds. The fraction of sp³-hybridized carbons (Fsp3) is 0.462. The summed E-state index contributed by atoms with van der Waals surface area (Å²) in [5, 5.41) is 8.11. The summed E-state index contributed by atoms with van der Waals surface area (Å²) in [6, 6.07) is 1.99. The number of nitrogens with one attached hydrogen (secondary N) is 1. The van der Waals surface area contributed by atoms with Gasteiger partial charge < -0.3 is 4.52 Å². The first-order valence-corrected chi connectivity index (χ1v) is 9.62. The summed E-state index contributed by atoms with van der Waals surface area (Å²) in [5.74, 6) is -0.292. The Morgan fingerprint density at radius 2 is 2.32 bits per heavy atom. The van der Waals surface area contributed by atoms with E-state index in [9.17, 15) is 13.2 Å². The molecule has 0 aromatic carbocycles. The van der Waals surface area contributed by atoms with Crippen LogP contribution in [0.2, 0.25) is 0 Å². The SMILES string of the molecule is Cc1ccsc1[C@@H]1C[C@H]1C(=O)Nc1nc(CS(C)(=O)=O)no1. The number of carbonyl (C=O) groups is 1. The van der Waals surface area contributed by atoms with Gasteiger partial charge in [-0.05, 0) is 30.4 Å². The number of rotatable bonds is 5. The maximum absolute atomic E-state index is 12.1. The summed E-state index contributed by atoms with van der Waals surface area (Å²) >= 11 is 1.66. The average molecular weight is 341 g/mol. The van der Waals surface area contributed by atoms with Crippen LogP contribution in [0.25, 0.3) is 0 Å². The summed E-state index contributed by atoms with van der Waals surface area (Å²) in [4.78, 5) is 17.2. The lowest BCUT2D eigenvalue weighted by Crippen LogP contribution is -2.15. The number of sulfone groups is 1. The zero-order valence-corrected chi connectivity index (χ0v) is 13.7. The number of hydrogen-bond donors (Lipinski definition) is 1. The summed E-state index contributed by atoms with van der Waals surface area (Å²) in [6.45, 7) is 2.04. The molecule has 1 aliphatic rings. The van der Waals surface area contributed by atoms with Crippen LogP contribution in [-0.2, 0) is 20.4 Å². The van der Waals surface area contributed by atoms with E-state index in [4.69, 9.17) is 4.52 Å². The fourth-order valence-electron chi connectivity index (χ4n) is 2.33. The topological polar surface area (TPSA) is 102 Å². The lowest BCUT2D eigenvalue weighted by molar-refractivity contribution is -0.117. The van der Waals surface area contributed by atoms with Crippen LogP contribution < -0.4 is 5.32 Å². The van der Waals surface area contributed by atoms with Gasteiger partial charge in [-0.1, -0.05) is 5.16 Å². The molecule has 2 heterocycles. The molecule has 7 nitrogen and oxygen atoms in total. The van der Waals surface area contributed by atoms with Gasteiger partial charge >= 0.3 is 6.01 Å². The minimum absolute atomic E-state index is 0.0410. The quantitative estimate of drug-likeness (QED) is 0.888. The van der Waals surface area contributed by atoms with Gasteiger partial charge in [-0.2, -0.15) is 4.98 Å². The molecular weight excluding hydrogens is 326 g/mol. The molecule has 1 fully saturated rings. The van der Waals surface area contributed by atoms with Crippen molar-refractivity contribution in [1.29, 1.82) is 0 Å². The largest absolute Gasteiger partial charge is 0.328 e. The van der Waals surface area contributed by atoms with Gasteiger partial charge in [0.05, 0.1) is 0 Å². The van der Waals surface area contributed by atoms with E-state index in [1.165, 1.54) is 10.4 Å². The smallest absolute Gasteiger partial charge is 0.315 e. The minimum Gasteiger partial charge on any atom is -0.315 e. The number of anilines is 1. The maximum Gasteiger partial charge on any atom is 0.328 e. The highest BCUT2D eigenvalue weighted by Crippen LogP contribution is 2.50. The van der Waals surface area contributed by atoms with Gasteiger partial charge in [0.15, 0.2) is 15.7 Å². The average Bonchev–Trinajstić information content (AvgIpc) is 2.91. The third kappa shape index (κ3) is 3.36. The van der Waals surface area contributed by atoms with Crippen molar-refractivity contribution in [2.75, 3.05) is 11.6 Å². The number of hydrogen-bond acceptors (Lipinski definition) is 7. The Bertz CT molecular complexity index is 809. The second kappa shape index (κ2) is 5.47. The van der Waals surface area contributed by atoms with Crippen LogP contribution in [0.5, 0.6) is 0 Å². The number of aromatic nitrogens is 2. The lowest BCUT2D eigenvalue weighted by Gasteiger charge is -1.99. The van der Waals surface area contributed by atoms with Crippen LogP contribution in [0.3, 0.4) is 0 Å². The number of aryl methyl sites for hydroxylation is 1. The Hall–Kier alpha value is -1.74. The van der Waals surface area contributed by atoms with Crippen molar-refractivity contribution in [1.82, 2.24) is 10.1 Å². The molecule has 9 heteroatoms. The first-order valence-electron chi connectivity index (χ1n) is 6.68. The van der Waals surface area contributed by atoms with Crippen molar-refractivity contribution in [2.24, 2.45) is 5.92 Å². The number of thiophene rings is 1. The first kappa shape index (κ1) is 15.2. The van der Waals surface area contributed by atoms with Gasteiger partial charge in [0.2, 0.25) is 5.91 Å². The van der Waals surface area contributed by atoms with Gasteiger partial charge in [-0.15, -0.1) is 11.3 Å². The first-order chi connectivity index (χ1) is 10.3. The molecule has 0 radical (unpaired) electrons. The highest BCUT2D eigenvalue weighted by Gasteiger charge is 2.45. The van der Waals surface area contributed by atoms with Crippen LogP contribution in [0.1, 0.15) is 28.6 Å². The standard InChI is InChI=1S/C13H15N3O4S2/c1-7-3-4-21-11(7)8-5-9(8)12(17)15-13-14-10(16-20-13)6-22(2,18)19/h3-4,8-9H,5-6H2,1-2H3,(H,14,15,16,17)/t8-,9-/m1/s1. The van der Waals surface area contributed by atoms with Crippen molar-refractivity contribution < 1.29 is 17.7 Å². The molecule has 0 unspecified atom stereocenters. The number of nitrogens with zero attached hydrogens (tertiary/aromatic N) is 2. The Morgan fingerprint density at radius 1 is 1.55 bits per heavy atom. The Morgan fingerprint density at radius 3 is 2.95 bits per heavy atom. The van der Waals surface area contributed by atoms with Gasteiger partial charge in [-0.3, -0.25) is 10.1 Å². The maximum atomic E-state index is 12.1. The Kier molecular flexibility index (Phi) is 3.77. The molecule has 1 aliphatic carbocycles. The fourth-order valence-corrected chi connectivity index (χ4v) is 4.03. The van der Waals surface area contributed by atoms with E-state index in [1.54, 1.807) is 11.3 Å². The number of carbonyl (C=O) groups excluding carboxylic acids is 1. The molecule has 0 bridgehead atoms. The van der Waals surface area contributed by atoms with E-state index in [0.717, 1.165) is 12.7 Å². The third-order valence-electron chi connectivity index (χ3n) is 3.46. The van der Waals surface area contributed by atoms with Gasteiger partial charge in [0.1, 0.15) is 5.75 Å². The molecule has 0 aliphatic heterocycles. The summed E-state index contributed by atoms with van der Waals surface area (Å²) in [5.41, 5.74) is 1.21. The summed E-state index contributed by atoms with van der Waals surface area (Å²) in [6.07, 6.45) is 1.89. The predicted octanol–water partition coefficient (Wildman–Crippen LogP) is 1.73. The van der Waals surface area contributed by atoms with E-state index in [1.807, 2.05) is 18.4 Å². The Labute approximate surface area is 131 Å².